The molecule has 0 saturated heterocycles. The van der Waals surface area contributed by atoms with Crippen LogP contribution in [0, 0.1) is 0 Å². The molecule has 7 nitrogen and oxygen atoms in total. The van der Waals surface area contributed by atoms with E-state index in [0.29, 0.717) is 11.3 Å². The van der Waals surface area contributed by atoms with E-state index in [1.54, 1.807) is 24.3 Å². The highest BCUT2D eigenvalue weighted by Crippen LogP contribution is 2.12. The van der Waals surface area contributed by atoms with E-state index in [4.69, 9.17) is 14.9 Å². The van der Waals surface area contributed by atoms with Crippen LogP contribution in [-0.2, 0) is 20.8 Å². The highest BCUT2D eigenvalue weighted by Gasteiger charge is 2.23. The maximum atomic E-state index is 11.0. The lowest BCUT2D eigenvalue weighted by Crippen LogP contribution is -2.45. The Morgan fingerprint density at radius 2 is 1.79 bits per heavy atom. The molecule has 0 spiro atoms. The van der Waals surface area contributed by atoms with E-state index in [-0.39, 0.29) is 6.42 Å². The summed E-state index contributed by atoms with van der Waals surface area (Å²) >= 11 is 0. The first-order valence-corrected chi connectivity index (χ1v) is 5.33. The largest absolute Gasteiger partial charge is 0.497 e. The molecule has 0 saturated carbocycles. The lowest BCUT2D eigenvalue weighted by Gasteiger charge is -2.13. The molecule has 0 aliphatic heterocycles. The molecule has 0 aliphatic rings. The smallest absolute Gasteiger partial charge is 0.394 e. The molecule has 1 unspecified atom stereocenters. The minimum Gasteiger partial charge on any atom is -0.497 e. The highest BCUT2D eigenvalue weighted by atomic mass is 16.5. The molecule has 1 aromatic rings. The summed E-state index contributed by atoms with van der Waals surface area (Å²) in [4.78, 5) is 32.3. The lowest BCUT2D eigenvalue weighted by atomic mass is 10.1. The van der Waals surface area contributed by atoms with Gasteiger partial charge >= 0.3 is 17.8 Å². The Labute approximate surface area is 108 Å². The van der Waals surface area contributed by atoms with Crippen molar-refractivity contribution in [1.82, 2.24) is 5.32 Å². The molecule has 102 valence electrons. The first-order chi connectivity index (χ1) is 8.93. The maximum absolute atomic E-state index is 11.0. The SMILES string of the molecule is COc1ccc(CC(NC(=O)C(=O)O)C(=O)O)cc1. The molecule has 1 atom stereocenters. The Kier molecular flexibility index (Phi) is 4.87. The Hall–Kier alpha value is -2.57. The van der Waals surface area contributed by atoms with Crippen molar-refractivity contribution in [3.05, 3.63) is 29.8 Å². The van der Waals surface area contributed by atoms with Crippen LogP contribution in [0.2, 0.25) is 0 Å². The van der Waals surface area contributed by atoms with Gasteiger partial charge in [0.25, 0.3) is 0 Å². The molecule has 0 radical (unpaired) electrons. The van der Waals surface area contributed by atoms with Gasteiger partial charge in [0.15, 0.2) is 0 Å². The molecule has 1 rings (SSSR count). The fourth-order valence-electron chi connectivity index (χ4n) is 1.42. The number of carboxylic acids is 2. The summed E-state index contributed by atoms with van der Waals surface area (Å²) in [7, 11) is 1.50. The number of carboxylic acid groups (broad SMARTS) is 2. The minimum atomic E-state index is -1.72. The minimum absolute atomic E-state index is 0.0155. The summed E-state index contributed by atoms with van der Waals surface area (Å²) in [6.07, 6.45) is -0.0155. The van der Waals surface area contributed by atoms with Gasteiger partial charge in [-0.3, -0.25) is 4.79 Å². The zero-order chi connectivity index (χ0) is 14.4. The predicted octanol–water partition coefficient (Wildman–Crippen LogP) is -0.108. The summed E-state index contributed by atoms with van der Waals surface area (Å²) < 4.78 is 4.95. The van der Waals surface area contributed by atoms with Crippen molar-refractivity contribution < 1.29 is 29.3 Å². The predicted molar refractivity (Wildman–Crippen MR) is 63.9 cm³/mol. The second kappa shape index (κ2) is 6.39. The van der Waals surface area contributed by atoms with Gasteiger partial charge in [-0.25, -0.2) is 9.59 Å². The van der Waals surface area contributed by atoms with Crippen LogP contribution in [0.4, 0.5) is 0 Å². The highest BCUT2D eigenvalue weighted by molar-refractivity contribution is 6.31. The van der Waals surface area contributed by atoms with Crippen LogP contribution in [0.25, 0.3) is 0 Å². The van der Waals surface area contributed by atoms with Gasteiger partial charge in [-0.1, -0.05) is 12.1 Å². The topological polar surface area (TPSA) is 113 Å². The third-order valence-corrected chi connectivity index (χ3v) is 2.40. The number of carbonyl (C=O) groups excluding carboxylic acids is 1. The van der Waals surface area contributed by atoms with Crippen molar-refractivity contribution >= 4 is 17.8 Å². The van der Waals surface area contributed by atoms with E-state index in [1.165, 1.54) is 7.11 Å². The zero-order valence-electron chi connectivity index (χ0n) is 10.1. The molecule has 0 bridgehead atoms. The first kappa shape index (κ1) is 14.5. The third-order valence-electron chi connectivity index (χ3n) is 2.40. The molecule has 0 aliphatic carbocycles. The molecule has 3 N–H and O–H groups in total. The molecular formula is C12H13NO6. The lowest BCUT2D eigenvalue weighted by molar-refractivity contribution is -0.152. The van der Waals surface area contributed by atoms with Crippen molar-refractivity contribution in [1.29, 1.82) is 0 Å². The Morgan fingerprint density at radius 3 is 2.21 bits per heavy atom. The average Bonchev–Trinajstić information content (AvgIpc) is 2.38. The summed E-state index contributed by atoms with van der Waals surface area (Å²) in [5, 5.41) is 19.3. The van der Waals surface area contributed by atoms with Crippen LogP contribution in [-0.4, -0.2) is 41.2 Å². The van der Waals surface area contributed by atoms with Gasteiger partial charge in [0.2, 0.25) is 0 Å². The van der Waals surface area contributed by atoms with Gasteiger partial charge in [-0.2, -0.15) is 0 Å². The second-order valence-electron chi connectivity index (χ2n) is 3.72. The van der Waals surface area contributed by atoms with E-state index in [9.17, 15) is 14.4 Å². The van der Waals surface area contributed by atoms with Crippen LogP contribution in [0.5, 0.6) is 5.75 Å². The molecule has 0 aromatic heterocycles. The van der Waals surface area contributed by atoms with Crippen molar-refractivity contribution in [2.24, 2.45) is 0 Å². The fourth-order valence-corrected chi connectivity index (χ4v) is 1.42. The molecule has 0 fully saturated rings. The van der Waals surface area contributed by atoms with E-state index in [2.05, 4.69) is 0 Å². The third kappa shape index (κ3) is 4.30. The molecule has 0 heterocycles. The maximum Gasteiger partial charge on any atom is 0.394 e. The number of benzene rings is 1. The Morgan fingerprint density at radius 1 is 1.21 bits per heavy atom. The normalized spacial score (nSPS) is 11.4. The summed E-state index contributed by atoms with van der Waals surface area (Å²) in [5.41, 5.74) is 0.638. The zero-order valence-corrected chi connectivity index (χ0v) is 10.1. The Bertz CT molecular complexity index is 481. The van der Waals surface area contributed by atoms with Gasteiger partial charge in [0.05, 0.1) is 7.11 Å². The average molecular weight is 267 g/mol. The van der Waals surface area contributed by atoms with Crippen LogP contribution in [0.1, 0.15) is 5.56 Å². The number of aliphatic carboxylic acids is 2. The Balaban J connectivity index is 2.75. The van der Waals surface area contributed by atoms with Gasteiger partial charge < -0.3 is 20.3 Å². The van der Waals surface area contributed by atoms with Crippen LogP contribution >= 0.6 is 0 Å². The molecule has 19 heavy (non-hydrogen) atoms. The summed E-state index contributed by atoms with van der Waals surface area (Å²) in [6, 6.07) is 5.28. The van der Waals surface area contributed by atoms with E-state index in [1.807, 2.05) is 5.32 Å². The number of carbonyl (C=O) groups is 3. The first-order valence-electron chi connectivity index (χ1n) is 5.33. The molecular weight excluding hydrogens is 254 g/mol. The quantitative estimate of drug-likeness (QED) is 0.642. The number of rotatable bonds is 5. The monoisotopic (exact) mass is 267 g/mol. The molecule has 1 aromatic carbocycles. The van der Waals surface area contributed by atoms with Gasteiger partial charge in [0.1, 0.15) is 11.8 Å². The number of ether oxygens (including phenoxy) is 1. The number of methoxy groups -OCH3 is 1. The number of amides is 1. The van der Waals surface area contributed by atoms with Crippen LogP contribution < -0.4 is 10.1 Å². The molecule has 7 heteroatoms. The van der Waals surface area contributed by atoms with Crippen molar-refractivity contribution in [3.8, 4) is 5.75 Å². The fraction of sp³-hybridized carbons (Fsp3) is 0.250. The van der Waals surface area contributed by atoms with Crippen molar-refractivity contribution in [2.75, 3.05) is 7.11 Å². The van der Waals surface area contributed by atoms with Crippen molar-refractivity contribution in [2.45, 2.75) is 12.5 Å². The molecule has 1 amide bonds. The van der Waals surface area contributed by atoms with Gasteiger partial charge in [-0.15, -0.1) is 0 Å². The van der Waals surface area contributed by atoms with E-state index < -0.39 is 23.9 Å². The number of hydrogen-bond acceptors (Lipinski definition) is 4. The van der Waals surface area contributed by atoms with E-state index >= 15 is 0 Å². The number of nitrogens with one attached hydrogen (secondary N) is 1. The van der Waals surface area contributed by atoms with Gasteiger partial charge in [-0.05, 0) is 17.7 Å². The summed E-state index contributed by atoms with van der Waals surface area (Å²) in [5.74, 6) is -3.75. The standard InChI is InChI=1S/C12H13NO6/c1-19-8-4-2-7(3-5-8)6-9(11(15)16)13-10(14)12(17)18/h2-5,9H,6H2,1H3,(H,13,14)(H,15,16)(H,17,18). The van der Waals surface area contributed by atoms with E-state index in [0.717, 1.165) is 0 Å². The van der Waals surface area contributed by atoms with Gasteiger partial charge in [0, 0.05) is 6.42 Å². The van der Waals surface area contributed by atoms with Crippen LogP contribution in [0.3, 0.4) is 0 Å². The second-order valence-corrected chi connectivity index (χ2v) is 3.72. The van der Waals surface area contributed by atoms with Crippen LogP contribution in [0.15, 0.2) is 24.3 Å². The number of hydrogen-bond donors (Lipinski definition) is 3. The summed E-state index contributed by atoms with van der Waals surface area (Å²) in [6.45, 7) is 0. The van der Waals surface area contributed by atoms with Crippen molar-refractivity contribution in [3.63, 3.8) is 0 Å².